The molecule has 2 rings (SSSR count). The number of rotatable bonds is 2. The van der Waals surface area contributed by atoms with Crippen LogP contribution in [0.5, 0.6) is 0 Å². The molecular weight excluding hydrogens is 242 g/mol. The molecule has 16 heavy (non-hydrogen) atoms. The van der Waals surface area contributed by atoms with Crippen LogP contribution < -0.4 is 5.56 Å². The van der Waals surface area contributed by atoms with E-state index in [9.17, 15) is 4.79 Å². The highest BCUT2D eigenvalue weighted by atomic mass is 35.5. The van der Waals surface area contributed by atoms with Crippen LogP contribution in [-0.4, -0.2) is 4.57 Å². The third-order valence-corrected chi connectivity index (χ3v) is 3.32. The number of halogens is 1. The average Bonchev–Trinajstić information content (AvgIpc) is 2.71. The molecule has 2 aromatic heterocycles. The van der Waals surface area contributed by atoms with Gasteiger partial charge in [-0.1, -0.05) is 13.0 Å². The quantitative estimate of drug-likeness (QED) is 0.808. The van der Waals surface area contributed by atoms with Gasteiger partial charge in [-0.15, -0.1) is 23.7 Å². The zero-order chi connectivity index (χ0) is 10.8. The summed E-state index contributed by atoms with van der Waals surface area (Å²) in [4.78, 5) is 12.1. The summed E-state index contributed by atoms with van der Waals surface area (Å²) in [6.45, 7) is 3.96. The average molecular weight is 256 g/mol. The molecule has 0 saturated carbocycles. The summed E-state index contributed by atoms with van der Waals surface area (Å²) < 4.78 is 1.78. The SMILES string of the molecule is CCc1ccc(C)n(-c2cccs2)c1=O.Cl. The van der Waals surface area contributed by atoms with Crippen molar-refractivity contribution in [2.24, 2.45) is 0 Å². The first kappa shape index (κ1) is 13.0. The van der Waals surface area contributed by atoms with Gasteiger partial charge in [-0.3, -0.25) is 9.36 Å². The highest BCUT2D eigenvalue weighted by molar-refractivity contribution is 7.12. The molecular formula is C12H14ClNOS. The van der Waals surface area contributed by atoms with Gasteiger partial charge in [0.2, 0.25) is 0 Å². The highest BCUT2D eigenvalue weighted by Gasteiger charge is 2.07. The van der Waals surface area contributed by atoms with E-state index in [1.54, 1.807) is 15.9 Å². The van der Waals surface area contributed by atoms with E-state index < -0.39 is 0 Å². The van der Waals surface area contributed by atoms with E-state index in [1.165, 1.54) is 0 Å². The van der Waals surface area contributed by atoms with Gasteiger partial charge in [0, 0.05) is 11.3 Å². The summed E-state index contributed by atoms with van der Waals surface area (Å²) in [6, 6.07) is 7.85. The first-order chi connectivity index (χ1) is 7.24. The molecule has 0 aromatic carbocycles. The molecule has 0 bridgehead atoms. The Morgan fingerprint density at radius 3 is 2.62 bits per heavy atom. The molecule has 86 valence electrons. The molecule has 2 heterocycles. The molecule has 0 fully saturated rings. The fourth-order valence-corrected chi connectivity index (χ4v) is 2.40. The predicted octanol–water partition coefficient (Wildman–Crippen LogP) is 3.19. The minimum atomic E-state index is 0. The first-order valence-electron chi connectivity index (χ1n) is 4.99. The van der Waals surface area contributed by atoms with Gasteiger partial charge in [0.15, 0.2) is 0 Å². The second-order valence-electron chi connectivity index (χ2n) is 3.45. The number of hydrogen-bond acceptors (Lipinski definition) is 2. The van der Waals surface area contributed by atoms with Crippen LogP contribution in [0.3, 0.4) is 0 Å². The molecule has 2 nitrogen and oxygen atoms in total. The zero-order valence-corrected chi connectivity index (χ0v) is 10.9. The lowest BCUT2D eigenvalue weighted by molar-refractivity contribution is 0.912. The van der Waals surface area contributed by atoms with Crippen LogP contribution >= 0.6 is 23.7 Å². The van der Waals surface area contributed by atoms with Crippen molar-refractivity contribution in [3.8, 4) is 5.00 Å². The van der Waals surface area contributed by atoms with E-state index in [1.807, 2.05) is 43.5 Å². The Morgan fingerprint density at radius 2 is 2.06 bits per heavy atom. The van der Waals surface area contributed by atoms with Gasteiger partial charge in [0.05, 0.1) is 0 Å². The van der Waals surface area contributed by atoms with Gasteiger partial charge in [0.1, 0.15) is 5.00 Å². The minimum absolute atomic E-state index is 0. The van der Waals surface area contributed by atoms with Crippen LogP contribution in [-0.2, 0) is 6.42 Å². The van der Waals surface area contributed by atoms with Crippen molar-refractivity contribution in [2.75, 3.05) is 0 Å². The molecule has 4 heteroatoms. The zero-order valence-electron chi connectivity index (χ0n) is 9.27. The van der Waals surface area contributed by atoms with Crippen molar-refractivity contribution in [1.82, 2.24) is 4.57 Å². The van der Waals surface area contributed by atoms with Crippen molar-refractivity contribution in [3.05, 3.63) is 51.3 Å². The van der Waals surface area contributed by atoms with E-state index in [0.29, 0.717) is 0 Å². The fourth-order valence-electron chi connectivity index (χ4n) is 1.61. The lowest BCUT2D eigenvalue weighted by atomic mass is 10.2. The molecule has 0 aliphatic heterocycles. The van der Waals surface area contributed by atoms with Gasteiger partial charge >= 0.3 is 0 Å². The topological polar surface area (TPSA) is 22.0 Å². The molecule has 0 saturated heterocycles. The summed E-state index contributed by atoms with van der Waals surface area (Å²) in [5.41, 5.74) is 1.97. The third-order valence-electron chi connectivity index (χ3n) is 2.46. The van der Waals surface area contributed by atoms with E-state index in [-0.39, 0.29) is 18.0 Å². The summed E-state index contributed by atoms with van der Waals surface area (Å²) >= 11 is 1.59. The van der Waals surface area contributed by atoms with Gasteiger partial charge in [-0.2, -0.15) is 0 Å². The van der Waals surface area contributed by atoms with Crippen LogP contribution in [0, 0.1) is 6.92 Å². The molecule has 0 unspecified atom stereocenters. The fraction of sp³-hybridized carbons (Fsp3) is 0.250. The number of thiophene rings is 1. The number of aryl methyl sites for hydroxylation is 2. The number of pyridine rings is 1. The van der Waals surface area contributed by atoms with Crippen molar-refractivity contribution in [2.45, 2.75) is 20.3 Å². The van der Waals surface area contributed by atoms with Crippen molar-refractivity contribution in [3.63, 3.8) is 0 Å². The summed E-state index contributed by atoms with van der Waals surface area (Å²) in [5, 5.41) is 2.98. The van der Waals surface area contributed by atoms with Crippen LogP contribution in [0.1, 0.15) is 18.2 Å². The summed E-state index contributed by atoms with van der Waals surface area (Å²) in [5.74, 6) is 0. The van der Waals surface area contributed by atoms with Crippen LogP contribution in [0.25, 0.3) is 5.00 Å². The Hall–Kier alpha value is -1.06. The Labute approximate surface area is 105 Å². The molecule has 0 amide bonds. The van der Waals surface area contributed by atoms with Crippen LogP contribution in [0.2, 0.25) is 0 Å². The first-order valence-corrected chi connectivity index (χ1v) is 5.87. The Balaban J connectivity index is 0.00000128. The smallest absolute Gasteiger partial charge is 0.259 e. The number of nitrogens with zero attached hydrogens (tertiary/aromatic N) is 1. The molecule has 0 spiro atoms. The van der Waals surface area contributed by atoms with E-state index in [0.717, 1.165) is 22.7 Å². The molecule has 0 aliphatic rings. The predicted molar refractivity (Wildman–Crippen MR) is 71.3 cm³/mol. The normalized spacial score (nSPS) is 9.88. The third kappa shape index (κ3) is 2.20. The maximum absolute atomic E-state index is 12.1. The van der Waals surface area contributed by atoms with E-state index >= 15 is 0 Å². The summed E-state index contributed by atoms with van der Waals surface area (Å²) in [6.07, 6.45) is 0.782. The van der Waals surface area contributed by atoms with E-state index in [4.69, 9.17) is 0 Å². The lowest BCUT2D eigenvalue weighted by Gasteiger charge is -2.08. The largest absolute Gasteiger partial charge is 0.272 e. The van der Waals surface area contributed by atoms with Crippen LogP contribution in [0.15, 0.2) is 34.4 Å². The van der Waals surface area contributed by atoms with Crippen LogP contribution in [0.4, 0.5) is 0 Å². The Bertz CT molecular complexity index is 516. The van der Waals surface area contributed by atoms with Crippen molar-refractivity contribution >= 4 is 23.7 Å². The molecule has 0 aliphatic carbocycles. The maximum Gasteiger partial charge on any atom is 0.259 e. The second kappa shape index (κ2) is 5.32. The molecule has 0 N–H and O–H groups in total. The Kier molecular flexibility index (Phi) is 4.33. The van der Waals surface area contributed by atoms with E-state index in [2.05, 4.69) is 0 Å². The van der Waals surface area contributed by atoms with Gasteiger partial charge in [-0.25, -0.2) is 0 Å². The molecule has 0 radical (unpaired) electrons. The van der Waals surface area contributed by atoms with Crippen molar-refractivity contribution < 1.29 is 0 Å². The standard InChI is InChI=1S/C12H13NOS.ClH/c1-3-10-7-6-9(2)13(12(10)14)11-5-4-8-15-11;/h4-8H,3H2,1-2H3;1H. The number of hydrogen-bond donors (Lipinski definition) is 0. The number of aromatic nitrogens is 1. The van der Waals surface area contributed by atoms with Gasteiger partial charge in [-0.05, 0) is 36.9 Å². The van der Waals surface area contributed by atoms with Gasteiger partial charge < -0.3 is 0 Å². The second-order valence-corrected chi connectivity index (χ2v) is 4.37. The maximum atomic E-state index is 12.1. The molecule has 0 atom stereocenters. The van der Waals surface area contributed by atoms with Gasteiger partial charge in [0.25, 0.3) is 5.56 Å². The molecule has 2 aromatic rings. The Morgan fingerprint density at radius 1 is 1.31 bits per heavy atom. The van der Waals surface area contributed by atoms with Crippen molar-refractivity contribution in [1.29, 1.82) is 0 Å². The highest BCUT2D eigenvalue weighted by Crippen LogP contribution is 2.15. The lowest BCUT2D eigenvalue weighted by Crippen LogP contribution is -2.22. The monoisotopic (exact) mass is 255 g/mol. The summed E-state index contributed by atoms with van der Waals surface area (Å²) in [7, 11) is 0. The minimum Gasteiger partial charge on any atom is -0.272 e.